The predicted molar refractivity (Wildman–Crippen MR) is 93.0 cm³/mol. The molecule has 0 nitrogen and oxygen atoms in total. The Bertz CT molecular complexity index is 835. The Kier molecular flexibility index (Phi) is 3.94. The Balaban J connectivity index is 0.00000147. The van der Waals surface area contributed by atoms with E-state index in [1.54, 1.807) is 0 Å². The Morgan fingerprint density at radius 2 is 1.60 bits per heavy atom. The first kappa shape index (κ1) is 14.3. The highest BCUT2D eigenvalue weighted by Gasteiger charge is 2.07. The lowest BCUT2D eigenvalue weighted by Crippen LogP contribution is -2.03. The Hall–Kier alpha value is -2.08. The summed E-state index contributed by atoms with van der Waals surface area (Å²) in [6.45, 7) is 6.37. The van der Waals surface area contributed by atoms with Gasteiger partial charge in [-0.1, -0.05) is 62.1 Å². The van der Waals surface area contributed by atoms with Crippen LogP contribution in [0.25, 0.3) is 33.7 Å². The highest BCUT2D eigenvalue weighted by Crippen LogP contribution is 2.30. The van der Waals surface area contributed by atoms with Gasteiger partial charge in [0.2, 0.25) is 0 Å². The van der Waals surface area contributed by atoms with Crippen molar-refractivity contribution in [2.45, 2.75) is 28.2 Å². The summed E-state index contributed by atoms with van der Waals surface area (Å²) >= 11 is 0. The molecule has 0 aliphatic heterocycles. The van der Waals surface area contributed by atoms with Crippen molar-refractivity contribution < 1.29 is 0 Å². The zero-order chi connectivity index (χ0) is 13.4. The lowest BCUT2D eigenvalue weighted by Gasteiger charge is -2.11. The van der Waals surface area contributed by atoms with Crippen LogP contribution in [-0.2, 0) is 0 Å². The molecule has 0 heteroatoms. The second kappa shape index (κ2) is 5.50. The number of rotatable bonds is 1. The molecule has 0 aliphatic carbocycles. The molecule has 0 atom stereocenters. The van der Waals surface area contributed by atoms with Gasteiger partial charge in [-0.3, -0.25) is 0 Å². The van der Waals surface area contributed by atoms with Gasteiger partial charge in [0.1, 0.15) is 0 Å². The van der Waals surface area contributed by atoms with Gasteiger partial charge in [-0.15, -0.1) is 0 Å². The van der Waals surface area contributed by atoms with Gasteiger partial charge in [-0.05, 0) is 58.7 Å². The first-order valence-corrected chi connectivity index (χ1v) is 6.80. The van der Waals surface area contributed by atoms with Crippen molar-refractivity contribution >= 4 is 33.7 Å². The maximum atomic E-state index is 2.25. The second-order valence-electron chi connectivity index (χ2n) is 5.00. The average molecular weight is 262 g/mol. The third-order valence-electron chi connectivity index (χ3n) is 3.85. The first-order chi connectivity index (χ1) is 9.26. The van der Waals surface area contributed by atoms with Crippen LogP contribution < -0.4 is 5.22 Å². The second-order valence-corrected chi connectivity index (χ2v) is 5.00. The molecule has 0 unspecified atom stereocenters. The quantitative estimate of drug-likeness (QED) is 0.544. The third-order valence-corrected chi connectivity index (χ3v) is 3.85. The normalized spacial score (nSPS) is 12.4. The number of allylic oxidation sites excluding steroid dienone is 1. The molecule has 0 N–H and O–H groups in total. The highest BCUT2D eigenvalue weighted by molar-refractivity contribution is 6.13. The summed E-state index contributed by atoms with van der Waals surface area (Å²) in [4.78, 5) is 0. The number of hydrogen-bond acceptors (Lipinski definition) is 0. The minimum Gasteiger partial charge on any atom is -0.0870 e. The molecule has 20 heavy (non-hydrogen) atoms. The third kappa shape index (κ3) is 2.02. The van der Waals surface area contributed by atoms with Crippen molar-refractivity contribution in [1.29, 1.82) is 0 Å². The lowest BCUT2D eigenvalue weighted by atomic mass is 9.92. The van der Waals surface area contributed by atoms with Gasteiger partial charge >= 0.3 is 0 Å². The maximum absolute atomic E-state index is 2.25. The van der Waals surface area contributed by atoms with Gasteiger partial charge in [-0.2, -0.15) is 0 Å². The van der Waals surface area contributed by atoms with Crippen LogP contribution in [0.1, 0.15) is 32.4 Å². The summed E-state index contributed by atoms with van der Waals surface area (Å²) in [5, 5.41) is 6.78. The van der Waals surface area contributed by atoms with Crippen LogP contribution in [0.4, 0.5) is 0 Å². The summed E-state index contributed by atoms with van der Waals surface area (Å²) in [7, 11) is 0. The smallest absolute Gasteiger partial charge is 0.00243 e. The fraction of sp³-hybridized carbons (Fsp3) is 0.200. The van der Waals surface area contributed by atoms with E-state index >= 15 is 0 Å². The van der Waals surface area contributed by atoms with Gasteiger partial charge in [-0.25, -0.2) is 0 Å². The molecule has 0 spiro atoms. The summed E-state index contributed by atoms with van der Waals surface area (Å²) in [6.07, 6.45) is 6.51. The summed E-state index contributed by atoms with van der Waals surface area (Å²) in [6, 6.07) is 13.4. The van der Waals surface area contributed by atoms with Crippen molar-refractivity contribution in [3.05, 3.63) is 58.8 Å². The van der Waals surface area contributed by atoms with Crippen LogP contribution in [0.3, 0.4) is 0 Å². The fourth-order valence-corrected chi connectivity index (χ4v) is 2.91. The minimum absolute atomic E-state index is 0. The Morgan fingerprint density at radius 3 is 2.30 bits per heavy atom. The van der Waals surface area contributed by atoms with E-state index in [1.165, 1.54) is 37.9 Å². The molecule has 0 radical (unpaired) electrons. The molecule has 0 fully saturated rings. The predicted octanol–water partition coefficient (Wildman–Crippen LogP) is 5.49. The monoisotopic (exact) mass is 262 g/mol. The van der Waals surface area contributed by atoms with Crippen LogP contribution in [-0.4, -0.2) is 0 Å². The van der Waals surface area contributed by atoms with Crippen LogP contribution in [0.15, 0.2) is 42.5 Å². The Labute approximate surface area is 121 Å². The van der Waals surface area contributed by atoms with Crippen molar-refractivity contribution in [2.75, 3.05) is 0 Å². The van der Waals surface area contributed by atoms with Gasteiger partial charge in [0.15, 0.2) is 0 Å². The molecule has 3 aromatic rings. The zero-order valence-corrected chi connectivity index (χ0v) is 11.7. The molecule has 0 amide bonds. The average Bonchev–Trinajstić information content (AvgIpc) is 2.44. The molecule has 0 aromatic heterocycles. The molecule has 3 aromatic carbocycles. The summed E-state index contributed by atoms with van der Waals surface area (Å²) in [5.41, 5.74) is 2.65. The molecule has 0 aliphatic rings. The molecule has 3 rings (SSSR count). The number of aryl methyl sites for hydroxylation is 1. The van der Waals surface area contributed by atoms with Gasteiger partial charge in [0.25, 0.3) is 0 Å². The van der Waals surface area contributed by atoms with Crippen molar-refractivity contribution in [1.82, 2.24) is 0 Å². The molecule has 0 bridgehead atoms. The van der Waals surface area contributed by atoms with Crippen LogP contribution >= 0.6 is 0 Å². The first-order valence-electron chi connectivity index (χ1n) is 6.80. The van der Waals surface area contributed by atoms with E-state index in [4.69, 9.17) is 0 Å². The number of hydrogen-bond donors (Lipinski definition) is 0. The fourth-order valence-electron chi connectivity index (χ4n) is 2.91. The number of benzene rings is 3. The van der Waals surface area contributed by atoms with Crippen LogP contribution in [0.2, 0.25) is 0 Å². The molecular weight excluding hydrogens is 240 g/mol. The highest BCUT2D eigenvalue weighted by atomic mass is 14.1. The zero-order valence-electron chi connectivity index (χ0n) is 11.7. The maximum Gasteiger partial charge on any atom is -0.00243 e. The largest absolute Gasteiger partial charge is 0.0870 e. The SMILES string of the molecule is C.C/C=C\c1ccc2c(C)ccc3cc/c(=C/C)c1c32. The van der Waals surface area contributed by atoms with Gasteiger partial charge in [0, 0.05) is 0 Å². The standard InChI is InChI=1S/C19H18.CH4/c1-4-6-15-11-12-17-13(3)7-8-16-10-9-14(5-2)18(15)19(16)17;/h4-12H,1-3H3;1H4/b6-4-,14-5-;. The van der Waals surface area contributed by atoms with E-state index in [2.05, 4.69) is 75.4 Å². The van der Waals surface area contributed by atoms with E-state index in [1.807, 2.05) is 0 Å². The minimum atomic E-state index is 0. The van der Waals surface area contributed by atoms with E-state index in [0.717, 1.165) is 0 Å². The lowest BCUT2D eigenvalue weighted by molar-refractivity contribution is 1.53. The van der Waals surface area contributed by atoms with Crippen molar-refractivity contribution in [3.63, 3.8) is 0 Å². The topological polar surface area (TPSA) is 0 Å². The molecule has 0 heterocycles. The molecule has 0 saturated heterocycles. The molecular formula is C20H22. The van der Waals surface area contributed by atoms with Gasteiger partial charge < -0.3 is 0 Å². The van der Waals surface area contributed by atoms with E-state index < -0.39 is 0 Å². The van der Waals surface area contributed by atoms with Crippen molar-refractivity contribution in [3.8, 4) is 0 Å². The van der Waals surface area contributed by atoms with Crippen LogP contribution in [0.5, 0.6) is 0 Å². The van der Waals surface area contributed by atoms with Crippen LogP contribution in [0, 0.1) is 6.92 Å². The summed E-state index contributed by atoms with van der Waals surface area (Å²) < 4.78 is 0. The van der Waals surface area contributed by atoms with Gasteiger partial charge in [0.05, 0.1) is 0 Å². The van der Waals surface area contributed by atoms with E-state index in [0.29, 0.717) is 0 Å². The van der Waals surface area contributed by atoms with E-state index in [9.17, 15) is 0 Å². The Morgan fingerprint density at radius 1 is 0.850 bits per heavy atom. The van der Waals surface area contributed by atoms with Crippen molar-refractivity contribution in [2.24, 2.45) is 0 Å². The molecule has 0 saturated carbocycles. The van der Waals surface area contributed by atoms with E-state index in [-0.39, 0.29) is 7.43 Å². The molecule has 102 valence electrons. The summed E-state index contributed by atoms with van der Waals surface area (Å²) in [5.74, 6) is 0.